The maximum Gasteiger partial charge on any atom is 0.239 e. The lowest BCUT2D eigenvalue weighted by Crippen LogP contribution is -2.14. The molecule has 0 saturated carbocycles. The van der Waals surface area contributed by atoms with Gasteiger partial charge in [-0.1, -0.05) is 18.2 Å². The lowest BCUT2D eigenvalue weighted by Gasteiger charge is -2.06. The number of hydrogen-bond donors (Lipinski definition) is 1. The molecule has 0 radical (unpaired) electrons. The van der Waals surface area contributed by atoms with E-state index in [0.29, 0.717) is 10.0 Å². The van der Waals surface area contributed by atoms with E-state index in [1.54, 1.807) is 6.07 Å². The Kier molecular flexibility index (Phi) is 4.11. The van der Waals surface area contributed by atoms with Crippen molar-refractivity contribution in [3.8, 4) is 0 Å². The molecule has 0 bridgehead atoms. The minimum atomic E-state index is -3.92. The number of nitrogens with zero attached hydrogens (tertiary/aromatic N) is 1. The van der Waals surface area contributed by atoms with E-state index in [1.165, 1.54) is 12.1 Å². The van der Waals surface area contributed by atoms with Crippen molar-refractivity contribution < 1.29 is 13.2 Å². The Morgan fingerprint density at radius 1 is 1.17 bits per heavy atom. The summed E-state index contributed by atoms with van der Waals surface area (Å²) in [6.45, 7) is 1.87. The second-order valence-electron chi connectivity index (χ2n) is 5.56. The number of para-hydroxylation sites is 1. The zero-order valence-corrected chi connectivity index (χ0v) is 15.5. The lowest BCUT2D eigenvalue weighted by molar-refractivity contribution is 0.103. The Labute approximate surface area is 148 Å². The van der Waals surface area contributed by atoms with Crippen LogP contribution in [-0.4, -0.2) is 18.8 Å². The summed E-state index contributed by atoms with van der Waals surface area (Å²) in [4.78, 5) is 12.9. The monoisotopic (exact) mass is 406 g/mol. The van der Waals surface area contributed by atoms with Crippen molar-refractivity contribution >= 4 is 42.6 Å². The van der Waals surface area contributed by atoms with Gasteiger partial charge in [0.05, 0.1) is 10.5 Å². The molecule has 0 atom stereocenters. The molecule has 7 heteroatoms. The Morgan fingerprint density at radius 2 is 1.83 bits per heavy atom. The number of carbonyl (C=O) groups is 1. The van der Waals surface area contributed by atoms with Crippen LogP contribution >= 0.6 is 15.9 Å². The van der Waals surface area contributed by atoms with Crippen molar-refractivity contribution in [3.05, 3.63) is 63.8 Å². The Bertz CT molecular complexity index is 1080. The number of rotatable bonds is 3. The number of carbonyl (C=O) groups excluding carboxylic acids is 1. The number of ketones is 1. The molecule has 3 aromatic rings. The molecule has 0 unspecified atom stereocenters. The Hall–Kier alpha value is -1.96. The summed E-state index contributed by atoms with van der Waals surface area (Å²) < 4.78 is 25.6. The third kappa shape index (κ3) is 2.68. The van der Waals surface area contributed by atoms with E-state index in [2.05, 4.69) is 15.9 Å². The molecule has 0 spiro atoms. The Balaban J connectivity index is 2.23. The van der Waals surface area contributed by atoms with Gasteiger partial charge in [0.2, 0.25) is 10.0 Å². The maximum atomic E-state index is 13.0. The largest absolute Gasteiger partial charge is 0.347 e. The van der Waals surface area contributed by atoms with Crippen molar-refractivity contribution in [2.45, 2.75) is 11.8 Å². The molecule has 5 nitrogen and oxygen atoms in total. The highest BCUT2D eigenvalue weighted by Gasteiger charge is 2.22. The average molecular weight is 407 g/mol. The van der Waals surface area contributed by atoms with Crippen molar-refractivity contribution in [2.24, 2.45) is 12.2 Å². The molecule has 1 aromatic heterocycles. The second kappa shape index (κ2) is 5.84. The van der Waals surface area contributed by atoms with E-state index in [4.69, 9.17) is 5.14 Å². The van der Waals surface area contributed by atoms with Crippen LogP contribution in [-0.2, 0) is 17.1 Å². The van der Waals surface area contributed by atoms with Crippen LogP contribution in [0.2, 0.25) is 0 Å². The number of primary sulfonamides is 1. The fourth-order valence-corrected chi connectivity index (χ4v) is 4.37. The van der Waals surface area contributed by atoms with Crippen LogP contribution in [0, 0.1) is 6.92 Å². The van der Waals surface area contributed by atoms with Gasteiger partial charge < -0.3 is 4.57 Å². The third-order valence-corrected chi connectivity index (χ3v) is 6.03. The number of sulfonamides is 1. The third-order valence-electron chi connectivity index (χ3n) is 4.13. The molecule has 0 aliphatic heterocycles. The normalized spacial score (nSPS) is 11.8. The quantitative estimate of drug-likeness (QED) is 0.678. The summed E-state index contributed by atoms with van der Waals surface area (Å²) in [5.74, 6) is -0.235. The van der Waals surface area contributed by atoms with Crippen molar-refractivity contribution in [3.63, 3.8) is 0 Å². The van der Waals surface area contributed by atoms with Crippen LogP contribution < -0.4 is 5.14 Å². The molecule has 0 saturated heterocycles. The number of fused-ring (bicyclic) bond motifs is 1. The topological polar surface area (TPSA) is 82.2 Å². The molecule has 0 fully saturated rings. The summed E-state index contributed by atoms with van der Waals surface area (Å²) in [6, 6.07) is 12.0. The van der Waals surface area contributed by atoms with Gasteiger partial charge in [0, 0.05) is 33.7 Å². The van der Waals surface area contributed by atoms with Crippen LogP contribution in [0.25, 0.3) is 10.9 Å². The van der Waals surface area contributed by atoms with Gasteiger partial charge in [-0.05, 0) is 47.1 Å². The highest BCUT2D eigenvalue weighted by Crippen LogP contribution is 2.29. The van der Waals surface area contributed by atoms with Gasteiger partial charge in [-0.25, -0.2) is 13.6 Å². The predicted molar refractivity (Wildman–Crippen MR) is 96.6 cm³/mol. The Morgan fingerprint density at radius 3 is 2.50 bits per heavy atom. The minimum Gasteiger partial charge on any atom is -0.347 e. The minimum absolute atomic E-state index is 0.105. The van der Waals surface area contributed by atoms with Gasteiger partial charge in [-0.15, -0.1) is 0 Å². The first-order chi connectivity index (χ1) is 11.2. The lowest BCUT2D eigenvalue weighted by atomic mass is 10.0. The number of benzene rings is 2. The average Bonchev–Trinajstić information content (AvgIpc) is 2.78. The van der Waals surface area contributed by atoms with E-state index in [0.717, 1.165) is 16.6 Å². The predicted octanol–water partition coefficient (Wildman–Crippen LogP) is 3.13. The van der Waals surface area contributed by atoms with Gasteiger partial charge in [0.15, 0.2) is 5.78 Å². The van der Waals surface area contributed by atoms with E-state index in [1.807, 2.05) is 42.8 Å². The van der Waals surface area contributed by atoms with E-state index in [9.17, 15) is 13.2 Å². The molecule has 124 valence electrons. The molecule has 2 N–H and O–H groups in total. The maximum absolute atomic E-state index is 13.0. The second-order valence-corrected chi connectivity index (χ2v) is 7.94. The summed E-state index contributed by atoms with van der Waals surface area (Å²) in [6.07, 6.45) is 0. The molecule has 0 aliphatic carbocycles. The van der Waals surface area contributed by atoms with Gasteiger partial charge in [0.25, 0.3) is 0 Å². The van der Waals surface area contributed by atoms with E-state index < -0.39 is 10.0 Å². The number of nitrogens with two attached hydrogens (primary N) is 1. The van der Waals surface area contributed by atoms with Crippen LogP contribution in [0.1, 0.15) is 21.6 Å². The fraction of sp³-hybridized carbons (Fsp3) is 0.118. The van der Waals surface area contributed by atoms with Gasteiger partial charge in [-0.3, -0.25) is 4.79 Å². The molecule has 24 heavy (non-hydrogen) atoms. The summed E-state index contributed by atoms with van der Waals surface area (Å²) in [5, 5.41) is 6.05. The van der Waals surface area contributed by atoms with Crippen LogP contribution in [0.15, 0.2) is 51.8 Å². The first kappa shape index (κ1) is 16.9. The fourth-order valence-electron chi connectivity index (χ4n) is 2.81. The van der Waals surface area contributed by atoms with Gasteiger partial charge in [0.1, 0.15) is 0 Å². The van der Waals surface area contributed by atoms with Crippen molar-refractivity contribution in [1.82, 2.24) is 4.57 Å². The smallest absolute Gasteiger partial charge is 0.239 e. The van der Waals surface area contributed by atoms with E-state index in [-0.39, 0.29) is 16.2 Å². The molecule has 2 aromatic carbocycles. The van der Waals surface area contributed by atoms with Crippen LogP contribution in [0.3, 0.4) is 0 Å². The summed E-state index contributed by atoms with van der Waals surface area (Å²) >= 11 is 3.16. The zero-order chi connectivity index (χ0) is 17.6. The first-order valence-electron chi connectivity index (χ1n) is 7.13. The molecule has 3 rings (SSSR count). The standard InChI is InChI=1S/C17H15BrN2O3S/c1-10-16(12-5-3-4-6-14(12)20(10)2)17(21)11-7-8-13(18)15(9-11)24(19,22)23/h3-9H,1-2H3,(H2,19,22,23). The van der Waals surface area contributed by atoms with E-state index >= 15 is 0 Å². The molecular weight excluding hydrogens is 392 g/mol. The summed E-state index contributed by atoms with van der Waals surface area (Å²) in [7, 11) is -2.03. The molecule has 0 amide bonds. The van der Waals surface area contributed by atoms with Crippen molar-refractivity contribution in [2.75, 3.05) is 0 Å². The first-order valence-corrected chi connectivity index (χ1v) is 9.47. The highest BCUT2D eigenvalue weighted by atomic mass is 79.9. The van der Waals surface area contributed by atoms with Gasteiger partial charge >= 0.3 is 0 Å². The SMILES string of the molecule is Cc1c(C(=O)c2ccc(Br)c(S(N)(=O)=O)c2)c2ccccc2n1C. The highest BCUT2D eigenvalue weighted by molar-refractivity contribution is 9.10. The number of aromatic nitrogens is 1. The molecular formula is C17H15BrN2O3S. The summed E-state index contributed by atoms with van der Waals surface area (Å²) in [5.41, 5.74) is 2.61. The molecule has 1 heterocycles. The number of aryl methyl sites for hydroxylation is 1. The van der Waals surface area contributed by atoms with Crippen LogP contribution in [0.5, 0.6) is 0 Å². The molecule has 0 aliphatic rings. The number of hydrogen-bond acceptors (Lipinski definition) is 3. The van der Waals surface area contributed by atoms with Crippen LogP contribution in [0.4, 0.5) is 0 Å². The zero-order valence-electron chi connectivity index (χ0n) is 13.1. The van der Waals surface area contributed by atoms with Gasteiger partial charge in [-0.2, -0.15) is 0 Å². The number of halogens is 1. The van der Waals surface area contributed by atoms with Crippen molar-refractivity contribution in [1.29, 1.82) is 0 Å².